The van der Waals surface area contributed by atoms with Crippen molar-refractivity contribution in [1.29, 1.82) is 0 Å². The summed E-state index contributed by atoms with van der Waals surface area (Å²) in [5.74, 6) is 0. The first kappa shape index (κ1) is 5.87. The Hall–Kier alpha value is -0.260. The van der Waals surface area contributed by atoms with Crippen molar-refractivity contribution in [1.82, 2.24) is 0 Å². The summed E-state index contributed by atoms with van der Waals surface area (Å²) < 4.78 is 0. The summed E-state index contributed by atoms with van der Waals surface area (Å²) >= 11 is 0. The molecule has 1 aliphatic carbocycles. The molecule has 0 amide bonds. The zero-order valence-corrected chi connectivity index (χ0v) is 5.86. The summed E-state index contributed by atoms with van der Waals surface area (Å²) in [6.45, 7) is 6.76. The predicted octanol–water partition coefficient (Wildman–Crippen LogP) is 2.57. The van der Waals surface area contributed by atoms with Crippen LogP contribution in [0.1, 0.15) is 27.2 Å². The van der Waals surface area contributed by atoms with E-state index in [1.54, 1.807) is 0 Å². The summed E-state index contributed by atoms with van der Waals surface area (Å²) in [5, 5.41) is 0. The van der Waals surface area contributed by atoms with Crippen LogP contribution < -0.4 is 0 Å². The lowest BCUT2D eigenvalue weighted by Crippen LogP contribution is -2.06. The molecular formula is C8H13. The molecule has 0 aromatic rings. The van der Waals surface area contributed by atoms with Gasteiger partial charge in [-0.2, -0.15) is 0 Å². The molecule has 8 heavy (non-hydrogen) atoms. The fourth-order valence-corrected chi connectivity index (χ4v) is 0.917. The second-order valence-corrected chi connectivity index (χ2v) is 3.17. The molecule has 0 saturated heterocycles. The van der Waals surface area contributed by atoms with Gasteiger partial charge in [0.1, 0.15) is 0 Å². The molecule has 45 valence electrons. The third-order valence-electron chi connectivity index (χ3n) is 2.06. The molecule has 0 aromatic heterocycles. The van der Waals surface area contributed by atoms with E-state index in [0.29, 0.717) is 5.41 Å². The Morgan fingerprint density at radius 2 is 2.12 bits per heavy atom. The molecule has 0 heteroatoms. The van der Waals surface area contributed by atoms with Gasteiger partial charge in [0.2, 0.25) is 0 Å². The first-order chi connectivity index (χ1) is 3.63. The lowest BCUT2D eigenvalue weighted by atomic mass is 9.87. The molecule has 0 aromatic carbocycles. The lowest BCUT2D eigenvalue weighted by molar-refractivity contribution is 0.465. The molecule has 0 heterocycles. The van der Waals surface area contributed by atoms with Crippen LogP contribution >= 0.6 is 0 Å². The van der Waals surface area contributed by atoms with Crippen LogP contribution in [0.3, 0.4) is 0 Å². The molecule has 1 radical (unpaired) electrons. The van der Waals surface area contributed by atoms with Crippen molar-refractivity contribution in [2.45, 2.75) is 27.2 Å². The standard InChI is InChI=1S/C8H13/c1-7-5-4-6-8(7,2)3/h4-5H,6H2,1-3H3. The molecule has 1 rings (SSSR count). The molecule has 0 nitrogen and oxygen atoms in total. The van der Waals surface area contributed by atoms with Crippen molar-refractivity contribution in [2.75, 3.05) is 0 Å². The van der Waals surface area contributed by atoms with Gasteiger partial charge in [-0.1, -0.05) is 25.5 Å². The van der Waals surface area contributed by atoms with E-state index in [0.717, 1.165) is 0 Å². The predicted molar refractivity (Wildman–Crippen MR) is 36.5 cm³/mol. The fourth-order valence-electron chi connectivity index (χ4n) is 0.917. The largest absolute Gasteiger partial charge is 0.0813 e. The second kappa shape index (κ2) is 1.61. The maximum absolute atomic E-state index is 2.28. The van der Waals surface area contributed by atoms with Crippen LogP contribution in [0.5, 0.6) is 0 Å². The van der Waals surface area contributed by atoms with Crippen LogP contribution in [0.4, 0.5) is 0 Å². The quantitative estimate of drug-likeness (QED) is 0.448. The van der Waals surface area contributed by atoms with Gasteiger partial charge in [0.25, 0.3) is 0 Å². The van der Waals surface area contributed by atoms with Crippen LogP contribution in [0.15, 0.2) is 11.6 Å². The smallest absolute Gasteiger partial charge is 0.0142 e. The Bertz CT molecular complexity index is 118. The van der Waals surface area contributed by atoms with E-state index >= 15 is 0 Å². The van der Waals surface area contributed by atoms with Crippen LogP contribution in [0.2, 0.25) is 0 Å². The van der Waals surface area contributed by atoms with Gasteiger partial charge in [-0.05, 0) is 25.2 Å². The maximum atomic E-state index is 2.28. The van der Waals surface area contributed by atoms with E-state index in [9.17, 15) is 0 Å². The number of rotatable bonds is 0. The van der Waals surface area contributed by atoms with Crippen molar-refractivity contribution in [2.24, 2.45) is 5.41 Å². The van der Waals surface area contributed by atoms with E-state index in [1.807, 2.05) is 0 Å². The van der Waals surface area contributed by atoms with Crippen molar-refractivity contribution in [3.63, 3.8) is 0 Å². The van der Waals surface area contributed by atoms with Crippen molar-refractivity contribution >= 4 is 0 Å². The molecule has 1 aliphatic rings. The fraction of sp³-hybridized carbons (Fsp3) is 0.625. The Balaban J connectivity index is 2.73. The van der Waals surface area contributed by atoms with Crippen molar-refractivity contribution in [3.05, 3.63) is 18.1 Å². The van der Waals surface area contributed by atoms with Crippen LogP contribution in [-0.4, -0.2) is 0 Å². The Morgan fingerprint density at radius 3 is 2.25 bits per heavy atom. The van der Waals surface area contributed by atoms with Crippen LogP contribution in [0, 0.1) is 11.8 Å². The van der Waals surface area contributed by atoms with Gasteiger partial charge in [-0.3, -0.25) is 0 Å². The molecule has 0 unspecified atom stereocenters. The minimum atomic E-state index is 0.458. The van der Waals surface area contributed by atoms with E-state index in [-0.39, 0.29) is 0 Å². The van der Waals surface area contributed by atoms with E-state index in [4.69, 9.17) is 0 Å². The molecule has 0 aliphatic heterocycles. The first-order valence-corrected chi connectivity index (χ1v) is 3.13. The average molecular weight is 109 g/mol. The summed E-state index contributed by atoms with van der Waals surface area (Å²) in [6.07, 6.45) is 5.69. The summed E-state index contributed by atoms with van der Waals surface area (Å²) in [5.41, 5.74) is 1.97. The highest BCUT2D eigenvalue weighted by molar-refractivity contribution is 5.22. The van der Waals surface area contributed by atoms with Gasteiger partial charge >= 0.3 is 0 Å². The highest BCUT2D eigenvalue weighted by atomic mass is 14.3. The third-order valence-corrected chi connectivity index (χ3v) is 2.06. The minimum absolute atomic E-state index is 0.458. The monoisotopic (exact) mass is 109 g/mol. The highest BCUT2D eigenvalue weighted by Gasteiger charge is 2.23. The first-order valence-electron chi connectivity index (χ1n) is 3.13. The second-order valence-electron chi connectivity index (χ2n) is 3.17. The number of hydrogen-bond donors (Lipinski definition) is 0. The van der Waals surface area contributed by atoms with Gasteiger partial charge < -0.3 is 0 Å². The third kappa shape index (κ3) is 0.795. The van der Waals surface area contributed by atoms with E-state index < -0.39 is 0 Å². The van der Waals surface area contributed by atoms with Gasteiger partial charge in [-0.25, -0.2) is 0 Å². The molecule has 0 bridgehead atoms. The Morgan fingerprint density at radius 1 is 1.50 bits per heavy atom. The number of hydrogen-bond acceptors (Lipinski definition) is 0. The zero-order valence-electron chi connectivity index (χ0n) is 5.86. The maximum Gasteiger partial charge on any atom is -0.0142 e. The molecule has 0 saturated carbocycles. The van der Waals surface area contributed by atoms with Crippen molar-refractivity contribution in [3.8, 4) is 0 Å². The minimum Gasteiger partial charge on any atom is -0.0813 e. The summed E-state index contributed by atoms with van der Waals surface area (Å²) in [6, 6.07) is 0. The van der Waals surface area contributed by atoms with E-state index in [2.05, 4.69) is 33.3 Å². The molecule has 0 atom stereocenters. The molecule has 0 fully saturated rings. The van der Waals surface area contributed by atoms with Gasteiger partial charge in [0, 0.05) is 0 Å². The zero-order chi connectivity index (χ0) is 6.20. The molecule has 0 spiro atoms. The molecular weight excluding hydrogens is 96.1 g/mol. The Kier molecular flexibility index (Phi) is 1.18. The SMILES string of the molecule is CC1=C[CH]CC1(C)C. The Labute approximate surface area is 51.6 Å². The van der Waals surface area contributed by atoms with E-state index in [1.165, 1.54) is 12.0 Å². The van der Waals surface area contributed by atoms with Gasteiger partial charge in [-0.15, -0.1) is 0 Å². The van der Waals surface area contributed by atoms with Crippen LogP contribution in [-0.2, 0) is 0 Å². The lowest BCUT2D eigenvalue weighted by Gasteiger charge is -2.18. The summed E-state index contributed by atoms with van der Waals surface area (Å²) in [7, 11) is 0. The van der Waals surface area contributed by atoms with Gasteiger partial charge in [0.15, 0.2) is 0 Å². The topological polar surface area (TPSA) is 0 Å². The van der Waals surface area contributed by atoms with Crippen molar-refractivity contribution < 1.29 is 0 Å². The van der Waals surface area contributed by atoms with Gasteiger partial charge in [0.05, 0.1) is 0 Å². The highest BCUT2D eigenvalue weighted by Crippen LogP contribution is 2.36. The average Bonchev–Trinajstić information content (AvgIpc) is 1.86. The summed E-state index contributed by atoms with van der Waals surface area (Å²) in [4.78, 5) is 0. The number of allylic oxidation sites excluding steroid dienone is 2. The normalized spacial score (nSPS) is 25.6. The molecule has 0 N–H and O–H groups in total. The van der Waals surface area contributed by atoms with Crippen LogP contribution in [0.25, 0.3) is 0 Å².